The fourth-order valence-corrected chi connectivity index (χ4v) is 2.85. The van der Waals surface area contributed by atoms with E-state index in [9.17, 15) is 0 Å². The van der Waals surface area contributed by atoms with Gasteiger partial charge in [0.15, 0.2) is 5.96 Å². The van der Waals surface area contributed by atoms with Gasteiger partial charge in [-0.1, -0.05) is 13.8 Å². The van der Waals surface area contributed by atoms with E-state index in [-0.39, 0.29) is 5.60 Å². The molecule has 0 aromatic heterocycles. The summed E-state index contributed by atoms with van der Waals surface area (Å²) in [4.78, 5) is 6.82. The first-order valence-electron chi connectivity index (χ1n) is 7.87. The van der Waals surface area contributed by atoms with Gasteiger partial charge in [-0.2, -0.15) is 0 Å². The highest BCUT2D eigenvalue weighted by Crippen LogP contribution is 2.44. The first-order valence-corrected chi connectivity index (χ1v) is 7.87. The van der Waals surface area contributed by atoms with E-state index < -0.39 is 0 Å². The summed E-state index contributed by atoms with van der Waals surface area (Å²) in [6, 6.07) is 0.588. The normalized spacial score (nSPS) is 27.6. The number of ether oxygens (including phenoxy) is 1. The zero-order valence-corrected chi connectivity index (χ0v) is 14.0. The molecule has 1 aliphatic heterocycles. The van der Waals surface area contributed by atoms with Crippen LogP contribution in [0.15, 0.2) is 4.99 Å². The van der Waals surface area contributed by atoms with Crippen molar-refractivity contribution in [1.82, 2.24) is 10.2 Å². The van der Waals surface area contributed by atoms with Gasteiger partial charge in [0.2, 0.25) is 0 Å². The first kappa shape index (κ1) is 15.6. The Kier molecular flexibility index (Phi) is 4.33. The van der Waals surface area contributed by atoms with Crippen LogP contribution in [0.1, 0.15) is 53.9 Å². The number of likely N-dealkylation sites (tertiary alicyclic amines) is 1. The molecule has 0 amide bonds. The van der Waals surface area contributed by atoms with Gasteiger partial charge in [-0.3, -0.25) is 4.99 Å². The van der Waals surface area contributed by atoms with Crippen molar-refractivity contribution in [3.63, 3.8) is 0 Å². The fourth-order valence-electron chi connectivity index (χ4n) is 2.85. The average molecular weight is 281 g/mol. The van der Waals surface area contributed by atoms with Gasteiger partial charge in [0.1, 0.15) is 0 Å². The highest BCUT2D eigenvalue weighted by molar-refractivity contribution is 5.80. The van der Waals surface area contributed by atoms with Gasteiger partial charge in [0.25, 0.3) is 0 Å². The SMILES string of the molecule is CN=C(NC1CC1(C)C)N1CCC(OC(C)(C)C)CC1. The quantitative estimate of drug-likeness (QED) is 0.624. The Bertz CT molecular complexity index is 362. The molecular weight excluding hydrogens is 250 g/mol. The average Bonchev–Trinajstić information content (AvgIpc) is 2.93. The second-order valence-electron chi connectivity index (χ2n) is 7.85. The van der Waals surface area contributed by atoms with E-state index in [0.29, 0.717) is 17.6 Å². The Labute approximate surface area is 124 Å². The minimum absolute atomic E-state index is 0.0369. The van der Waals surface area contributed by atoms with Crippen LogP contribution in [0.25, 0.3) is 0 Å². The molecule has 1 atom stereocenters. The summed E-state index contributed by atoms with van der Waals surface area (Å²) in [5.41, 5.74) is 0.397. The highest BCUT2D eigenvalue weighted by Gasteiger charge is 2.46. The van der Waals surface area contributed by atoms with Crippen LogP contribution in [0, 0.1) is 5.41 Å². The number of nitrogens with zero attached hydrogens (tertiary/aromatic N) is 2. The van der Waals surface area contributed by atoms with Gasteiger partial charge in [-0.15, -0.1) is 0 Å². The smallest absolute Gasteiger partial charge is 0.193 e. The zero-order valence-electron chi connectivity index (χ0n) is 14.0. The van der Waals surface area contributed by atoms with Gasteiger partial charge < -0.3 is 15.0 Å². The molecule has 20 heavy (non-hydrogen) atoms. The maximum Gasteiger partial charge on any atom is 0.193 e. The molecule has 0 aromatic carbocycles. The van der Waals surface area contributed by atoms with Crippen molar-refractivity contribution in [2.24, 2.45) is 10.4 Å². The van der Waals surface area contributed by atoms with Crippen LogP contribution in [0.3, 0.4) is 0 Å². The molecule has 116 valence electrons. The number of nitrogens with one attached hydrogen (secondary N) is 1. The van der Waals surface area contributed by atoms with Crippen LogP contribution in [-0.4, -0.2) is 48.7 Å². The Hall–Kier alpha value is -0.770. The largest absolute Gasteiger partial charge is 0.372 e. The molecule has 1 N–H and O–H groups in total. The van der Waals surface area contributed by atoms with E-state index in [0.717, 1.165) is 31.9 Å². The molecule has 1 heterocycles. The maximum absolute atomic E-state index is 6.08. The third kappa shape index (κ3) is 4.11. The Balaban J connectivity index is 1.80. The highest BCUT2D eigenvalue weighted by atomic mass is 16.5. The summed E-state index contributed by atoms with van der Waals surface area (Å²) in [6.45, 7) is 13.1. The van der Waals surface area contributed by atoms with Crippen molar-refractivity contribution >= 4 is 5.96 Å². The molecule has 2 rings (SSSR count). The second kappa shape index (κ2) is 5.55. The summed E-state index contributed by atoms with van der Waals surface area (Å²) in [6.07, 6.45) is 3.81. The molecule has 2 fully saturated rings. The predicted octanol–water partition coefficient (Wildman–Crippen LogP) is 2.64. The van der Waals surface area contributed by atoms with Crippen molar-refractivity contribution in [3.8, 4) is 0 Å². The molecule has 0 aromatic rings. The van der Waals surface area contributed by atoms with E-state index in [1.807, 2.05) is 7.05 Å². The molecule has 1 saturated carbocycles. The Morgan fingerprint density at radius 1 is 1.25 bits per heavy atom. The van der Waals surface area contributed by atoms with Crippen molar-refractivity contribution in [2.45, 2.75) is 71.6 Å². The molecule has 1 saturated heterocycles. The van der Waals surface area contributed by atoms with Crippen molar-refractivity contribution < 1.29 is 4.74 Å². The molecule has 0 spiro atoms. The minimum atomic E-state index is -0.0369. The lowest BCUT2D eigenvalue weighted by atomic mass is 10.1. The van der Waals surface area contributed by atoms with E-state index in [4.69, 9.17) is 4.74 Å². The summed E-state index contributed by atoms with van der Waals surface area (Å²) in [5.74, 6) is 1.06. The number of piperidine rings is 1. The maximum atomic E-state index is 6.08. The lowest BCUT2D eigenvalue weighted by molar-refractivity contribution is -0.0773. The summed E-state index contributed by atoms with van der Waals surface area (Å²) in [5, 5.41) is 3.60. The third-order valence-corrected chi connectivity index (χ3v) is 4.29. The topological polar surface area (TPSA) is 36.9 Å². The Morgan fingerprint density at radius 3 is 2.20 bits per heavy atom. The van der Waals surface area contributed by atoms with Crippen LogP contribution < -0.4 is 5.32 Å². The predicted molar refractivity (Wildman–Crippen MR) is 84.1 cm³/mol. The van der Waals surface area contributed by atoms with Gasteiger partial charge in [-0.05, 0) is 45.4 Å². The van der Waals surface area contributed by atoms with Crippen molar-refractivity contribution in [3.05, 3.63) is 0 Å². The van der Waals surface area contributed by atoms with Crippen molar-refractivity contribution in [2.75, 3.05) is 20.1 Å². The summed E-state index contributed by atoms with van der Waals surface area (Å²) in [7, 11) is 1.88. The van der Waals surface area contributed by atoms with Gasteiger partial charge in [0.05, 0.1) is 11.7 Å². The lowest BCUT2D eigenvalue weighted by Gasteiger charge is -2.37. The van der Waals surface area contributed by atoms with E-state index in [2.05, 4.69) is 49.8 Å². The second-order valence-corrected chi connectivity index (χ2v) is 7.85. The molecule has 0 radical (unpaired) electrons. The molecule has 1 unspecified atom stereocenters. The monoisotopic (exact) mass is 281 g/mol. The number of guanidine groups is 1. The number of hydrogen-bond donors (Lipinski definition) is 1. The van der Waals surface area contributed by atoms with E-state index in [1.165, 1.54) is 6.42 Å². The van der Waals surface area contributed by atoms with Crippen LogP contribution >= 0.6 is 0 Å². The molecule has 4 nitrogen and oxygen atoms in total. The van der Waals surface area contributed by atoms with E-state index in [1.54, 1.807) is 0 Å². The number of aliphatic imine (C=N–C) groups is 1. The molecule has 2 aliphatic rings. The number of rotatable bonds is 2. The number of hydrogen-bond acceptors (Lipinski definition) is 2. The molecule has 0 bridgehead atoms. The summed E-state index contributed by atoms with van der Waals surface area (Å²) < 4.78 is 6.08. The minimum Gasteiger partial charge on any atom is -0.372 e. The zero-order chi connectivity index (χ0) is 15.0. The van der Waals surface area contributed by atoms with Crippen LogP contribution in [0.2, 0.25) is 0 Å². The Morgan fingerprint density at radius 2 is 1.80 bits per heavy atom. The fraction of sp³-hybridized carbons (Fsp3) is 0.938. The third-order valence-electron chi connectivity index (χ3n) is 4.29. The molecule has 1 aliphatic carbocycles. The van der Waals surface area contributed by atoms with E-state index >= 15 is 0 Å². The van der Waals surface area contributed by atoms with Crippen molar-refractivity contribution in [1.29, 1.82) is 0 Å². The van der Waals surface area contributed by atoms with Gasteiger partial charge in [0, 0.05) is 26.2 Å². The summed E-state index contributed by atoms with van der Waals surface area (Å²) >= 11 is 0. The van der Waals surface area contributed by atoms with Gasteiger partial charge >= 0.3 is 0 Å². The molecule has 4 heteroatoms. The van der Waals surface area contributed by atoms with Gasteiger partial charge in [-0.25, -0.2) is 0 Å². The van der Waals surface area contributed by atoms with Crippen LogP contribution in [0.5, 0.6) is 0 Å². The molecular formula is C16H31N3O. The van der Waals surface area contributed by atoms with Crippen LogP contribution in [-0.2, 0) is 4.74 Å². The lowest BCUT2D eigenvalue weighted by Crippen LogP contribution is -2.48. The first-order chi connectivity index (χ1) is 9.21. The van der Waals surface area contributed by atoms with Crippen LogP contribution in [0.4, 0.5) is 0 Å². The standard InChI is InChI=1S/C16H31N3O/c1-15(2,3)20-12-7-9-19(10-8-12)14(17-6)18-13-11-16(13,4)5/h12-13H,7-11H2,1-6H3,(H,17,18).